The van der Waals surface area contributed by atoms with E-state index >= 15 is 0 Å². The van der Waals surface area contributed by atoms with Crippen molar-refractivity contribution >= 4 is 17.5 Å². The maximum atomic E-state index is 11.0. The smallest absolute Gasteiger partial charge is 0.311 e. The molecule has 0 fully saturated rings. The summed E-state index contributed by atoms with van der Waals surface area (Å²) in [6.45, 7) is 0.561. The van der Waals surface area contributed by atoms with Gasteiger partial charge in [-0.1, -0.05) is 9.70 Å². The SMILES string of the molecule is COC(=O)Cc1cn(Cc2cnns2)nn1. The molecule has 2 heterocycles. The van der Waals surface area contributed by atoms with Gasteiger partial charge in [-0.3, -0.25) is 4.79 Å². The number of hydrogen-bond donors (Lipinski definition) is 0. The summed E-state index contributed by atoms with van der Waals surface area (Å²) >= 11 is 1.30. The minimum Gasteiger partial charge on any atom is -0.469 e. The van der Waals surface area contributed by atoms with Crippen LogP contribution in [0.3, 0.4) is 0 Å². The summed E-state index contributed by atoms with van der Waals surface area (Å²) in [4.78, 5) is 12.0. The van der Waals surface area contributed by atoms with Crippen molar-refractivity contribution in [2.45, 2.75) is 13.0 Å². The average molecular weight is 239 g/mol. The van der Waals surface area contributed by atoms with E-state index in [1.165, 1.54) is 18.6 Å². The first-order valence-corrected chi connectivity index (χ1v) is 5.27. The lowest BCUT2D eigenvalue weighted by Crippen LogP contribution is -2.04. The zero-order valence-corrected chi connectivity index (χ0v) is 9.35. The molecule has 8 heteroatoms. The second-order valence-corrected chi connectivity index (χ2v) is 3.91. The molecule has 0 saturated carbocycles. The van der Waals surface area contributed by atoms with Crippen molar-refractivity contribution in [3.05, 3.63) is 23.0 Å². The van der Waals surface area contributed by atoms with E-state index in [4.69, 9.17) is 0 Å². The van der Waals surface area contributed by atoms with Gasteiger partial charge in [-0.25, -0.2) is 4.68 Å². The minimum absolute atomic E-state index is 0.136. The van der Waals surface area contributed by atoms with Crippen LogP contribution in [0.15, 0.2) is 12.4 Å². The monoisotopic (exact) mass is 239 g/mol. The van der Waals surface area contributed by atoms with Crippen molar-refractivity contribution < 1.29 is 9.53 Å². The quantitative estimate of drug-likeness (QED) is 0.692. The number of aromatic nitrogens is 5. The van der Waals surface area contributed by atoms with Gasteiger partial charge >= 0.3 is 5.97 Å². The van der Waals surface area contributed by atoms with Crippen LogP contribution in [0.4, 0.5) is 0 Å². The number of esters is 1. The number of rotatable bonds is 4. The van der Waals surface area contributed by atoms with Crippen molar-refractivity contribution in [2.24, 2.45) is 0 Å². The maximum Gasteiger partial charge on any atom is 0.311 e. The Morgan fingerprint density at radius 1 is 1.62 bits per heavy atom. The topological polar surface area (TPSA) is 82.8 Å². The third-order valence-electron chi connectivity index (χ3n) is 1.86. The van der Waals surface area contributed by atoms with E-state index in [0.717, 1.165) is 4.88 Å². The molecule has 16 heavy (non-hydrogen) atoms. The zero-order valence-electron chi connectivity index (χ0n) is 8.53. The molecule has 0 radical (unpaired) electrons. The molecule has 0 atom stereocenters. The van der Waals surface area contributed by atoms with Crippen LogP contribution in [0.5, 0.6) is 0 Å². The fourth-order valence-electron chi connectivity index (χ4n) is 1.13. The number of ether oxygens (including phenoxy) is 1. The normalized spacial score (nSPS) is 10.3. The number of hydrogen-bond acceptors (Lipinski definition) is 7. The van der Waals surface area contributed by atoms with Crippen LogP contribution in [-0.4, -0.2) is 37.7 Å². The summed E-state index contributed by atoms with van der Waals surface area (Å²) < 4.78 is 9.91. The molecule has 7 nitrogen and oxygen atoms in total. The van der Waals surface area contributed by atoms with Crippen molar-refractivity contribution in [1.82, 2.24) is 24.6 Å². The predicted octanol–water partition coefficient (Wildman–Crippen LogP) is -0.107. The molecule has 2 aromatic heterocycles. The van der Waals surface area contributed by atoms with Gasteiger partial charge < -0.3 is 4.74 Å². The summed E-state index contributed by atoms with van der Waals surface area (Å²) in [6, 6.07) is 0. The predicted molar refractivity (Wildman–Crippen MR) is 54.8 cm³/mol. The lowest BCUT2D eigenvalue weighted by molar-refractivity contribution is -0.139. The van der Waals surface area contributed by atoms with E-state index < -0.39 is 0 Å². The zero-order chi connectivity index (χ0) is 11.4. The van der Waals surface area contributed by atoms with Crippen LogP contribution in [0.1, 0.15) is 10.6 Å². The minimum atomic E-state index is -0.327. The molecule has 0 unspecified atom stereocenters. The van der Waals surface area contributed by atoms with Crippen LogP contribution in [0.2, 0.25) is 0 Å². The second-order valence-electron chi connectivity index (χ2n) is 3.04. The Morgan fingerprint density at radius 3 is 3.19 bits per heavy atom. The van der Waals surface area contributed by atoms with Gasteiger partial charge in [0.15, 0.2) is 0 Å². The van der Waals surface area contributed by atoms with Crippen LogP contribution in [0, 0.1) is 0 Å². The molecule has 0 bridgehead atoms. The Balaban J connectivity index is 1.99. The van der Waals surface area contributed by atoms with Crippen LogP contribution < -0.4 is 0 Å². The van der Waals surface area contributed by atoms with Crippen LogP contribution >= 0.6 is 11.5 Å². The molecule has 0 spiro atoms. The fourth-order valence-corrected chi connectivity index (χ4v) is 1.62. The highest BCUT2D eigenvalue weighted by Gasteiger charge is 2.07. The van der Waals surface area contributed by atoms with E-state index in [9.17, 15) is 4.79 Å². The third kappa shape index (κ3) is 2.60. The summed E-state index contributed by atoms with van der Waals surface area (Å²) in [7, 11) is 1.34. The molecule has 84 valence electrons. The highest BCUT2D eigenvalue weighted by Crippen LogP contribution is 2.05. The van der Waals surface area contributed by atoms with Crippen LogP contribution in [-0.2, 0) is 22.5 Å². The molecule has 0 aliphatic heterocycles. The first-order chi connectivity index (χ1) is 7.78. The van der Waals surface area contributed by atoms with Crippen molar-refractivity contribution in [3.8, 4) is 0 Å². The van der Waals surface area contributed by atoms with Gasteiger partial charge in [0.25, 0.3) is 0 Å². The maximum absolute atomic E-state index is 11.0. The first-order valence-electron chi connectivity index (χ1n) is 4.50. The first kappa shape index (κ1) is 10.7. The Kier molecular flexibility index (Phi) is 3.20. The largest absolute Gasteiger partial charge is 0.469 e. The van der Waals surface area contributed by atoms with Gasteiger partial charge in [0.05, 0.1) is 36.8 Å². The van der Waals surface area contributed by atoms with E-state index in [-0.39, 0.29) is 12.4 Å². The molecule has 0 N–H and O–H groups in total. The molecule has 2 rings (SSSR count). The highest BCUT2D eigenvalue weighted by molar-refractivity contribution is 7.05. The molecule has 0 aliphatic carbocycles. The summed E-state index contributed by atoms with van der Waals surface area (Å²) in [5.41, 5.74) is 0.587. The van der Waals surface area contributed by atoms with Gasteiger partial charge in [-0.15, -0.1) is 10.2 Å². The lowest BCUT2D eigenvalue weighted by Gasteiger charge is -1.94. The molecule has 0 amide bonds. The third-order valence-corrected chi connectivity index (χ3v) is 2.51. The van der Waals surface area contributed by atoms with E-state index in [1.807, 2.05) is 0 Å². The van der Waals surface area contributed by atoms with Crippen molar-refractivity contribution in [3.63, 3.8) is 0 Å². The standard InChI is InChI=1S/C8H9N5O2S/c1-15-8(14)2-6-4-13(11-10-6)5-7-3-9-12-16-7/h3-4H,2,5H2,1H3. The van der Waals surface area contributed by atoms with Gasteiger partial charge in [0.1, 0.15) is 0 Å². The summed E-state index contributed by atoms with van der Waals surface area (Å²) in [5, 5.41) is 11.5. The van der Waals surface area contributed by atoms with Gasteiger partial charge in [0, 0.05) is 6.20 Å². The van der Waals surface area contributed by atoms with E-state index in [0.29, 0.717) is 12.2 Å². The highest BCUT2D eigenvalue weighted by atomic mass is 32.1. The van der Waals surface area contributed by atoms with Gasteiger partial charge in [-0.2, -0.15) is 0 Å². The Bertz CT molecular complexity index is 466. The number of carbonyl (C=O) groups is 1. The second kappa shape index (κ2) is 4.79. The summed E-state index contributed by atoms with van der Waals surface area (Å²) in [6.07, 6.45) is 3.51. The average Bonchev–Trinajstić information content (AvgIpc) is 2.91. The van der Waals surface area contributed by atoms with E-state index in [2.05, 4.69) is 24.6 Å². The molecular formula is C8H9N5O2S. The summed E-state index contributed by atoms with van der Waals surface area (Å²) in [5.74, 6) is -0.327. The van der Waals surface area contributed by atoms with Gasteiger partial charge in [0.2, 0.25) is 0 Å². The van der Waals surface area contributed by atoms with Crippen molar-refractivity contribution in [2.75, 3.05) is 7.11 Å². The Labute approximate surface area is 95.2 Å². The Hall–Kier alpha value is -1.83. The van der Waals surface area contributed by atoms with E-state index in [1.54, 1.807) is 17.1 Å². The molecular weight excluding hydrogens is 230 g/mol. The fraction of sp³-hybridized carbons (Fsp3) is 0.375. The molecule has 0 aromatic carbocycles. The van der Waals surface area contributed by atoms with Gasteiger partial charge in [-0.05, 0) is 11.5 Å². The number of carbonyl (C=O) groups excluding carboxylic acids is 1. The molecule has 2 aromatic rings. The molecule has 0 aliphatic rings. The Morgan fingerprint density at radius 2 is 2.50 bits per heavy atom. The lowest BCUT2D eigenvalue weighted by atomic mass is 10.3. The number of nitrogens with zero attached hydrogens (tertiary/aromatic N) is 5. The number of methoxy groups -OCH3 is 1. The molecule has 0 saturated heterocycles. The van der Waals surface area contributed by atoms with Crippen LogP contribution in [0.25, 0.3) is 0 Å². The van der Waals surface area contributed by atoms with Crippen molar-refractivity contribution in [1.29, 1.82) is 0 Å².